The second-order valence-corrected chi connectivity index (χ2v) is 5.66. The summed E-state index contributed by atoms with van der Waals surface area (Å²) in [6.45, 7) is 3.16. The molecule has 0 saturated carbocycles. The predicted molar refractivity (Wildman–Crippen MR) is 95.0 cm³/mol. The molecular formula is C19H20N4O2. The second kappa shape index (κ2) is 8.10. The van der Waals surface area contributed by atoms with Gasteiger partial charge in [0.1, 0.15) is 18.4 Å². The van der Waals surface area contributed by atoms with Gasteiger partial charge >= 0.3 is 0 Å². The number of amides is 1. The van der Waals surface area contributed by atoms with Gasteiger partial charge in [-0.15, -0.1) is 0 Å². The summed E-state index contributed by atoms with van der Waals surface area (Å²) in [5, 5.41) is 6.95. The molecule has 0 unspecified atom stereocenters. The number of carbonyl (C=O) groups excluding carboxylic acids is 1. The fourth-order valence-electron chi connectivity index (χ4n) is 2.38. The highest BCUT2D eigenvalue weighted by molar-refractivity contribution is 5.94. The molecule has 0 bridgehead atoms. The Morgan fingerprint density at radius 1 is 1.20 bits per heavy atom. The Morgan fingerprint density at radius 2 is 2.04 bits per heavy atom. The highest BCUT2D eigenvalue weighted by Crippen LogP contribution is 2.12. The molecule has 1 amide bonds. The van der Waals surface area contributed by atoms with E-state index in [9.17, 15) is 4.79 Å². The zero-order chi connectivity index (χ0) is 17.5. The van der Waals surface area contributed by atoms with E-state index in [1.54, 1.807) is 23.1 Å². The number of carbonyl (C=O) groups is 1. The first kappa shape index (κ1) is 16.7. The number of hydrogen-bond acceptors (Lipinski definition) is 4. The molecule has 3 rings (SSSR count). The molecule has 1 N–H and O–H groups in total. The van der Waals surface area contributed by atoms with Crippen LogP contribution in [-0.2, 0) is 0 Å². The fraction of sp³-hybridized carbons (Fsp3) is 0.211. The molecule has 0 saturated heterocycles. The minimum absolute atomic E-state index is 0.0966. The number of hydrogen-bond donors (Lipinski definition) is 1. The third kappa shape index (κ3) is 4.67. The van der Waals surface area contributed by atoms with E-state index in [1.165, 1.54) is 11.9 Å². The van der Waals surface area contributed by atoms with E-state index < -0.39 is 0 Å². The summed E-state index contributed by atoms with van der Waals surface area (Å²) >= 11 is 0. The van der Waals surface area contributed by atoms with Gasteiger partial charge in [-0.3, -0.25) is 4.79 Å². The Bertz CT molecular complexity index is 814. The van der Waals surface area contributed by atoms with E-state index in [1.807, 2.05) is 43.3 Å². The van der Waals surface area contributed by atoms with Gasteiger partial charge in [0.2, 0.25) is 0 Å². The van der Waals surface area contributed by atoms with Crippen LogP contribution in [0.1, 0.15) is 22.3 Å². The van der Waals surface area contributed by atoms with Crippen molar-refractivity contribution in [2.45, 2.75) is 13.3 Å². The smallest absolute Gasteiger partial charge is 0.251 e. The van der Waals surface area contributed by atoms with Crippen LogP contribution in [0.15, 0.2) is 61.2 Å². The van der Waals surface area contributed by atoms with Crippen LogP contribution < -0.4 is 10.1 Å². The quantitative estimate of drug-likeness (QED) is 0.674. The van der Waals surface area contributed by atoms with Gasteiger partial charge in [0.15, 0.2) is 0 Å². The zero-order valence-electron chi connectivity index (χ0n) is 14.1. The Hall–Kier alpha value is -3.15. The third-order valence-electron chi connectivity index (χ3n) is 3.68. The van der Waals surface area contributed by atoms with Gasteiger partial charge in [-0.05, 0) is 55.3 Å². The molecule has 6 heteroatoms. The predicted octanol–water partition coefficient (Wildman–Crippen LogP) is 2.77. The highest BCUT2D eigenvalue weighted by Gasteiger charge is 2.05. The average molecular weight is 336 g/mol. The van der Waals surface area contributed by atoms with Crippen LogP contribution in [0.5, 0.6) is 5.75 Å². The number of nitrogens with one attached hydrogen (secondary N) is 1. The van der Waals surface area contributed by atoms with Crippen LogP contribution >= 0.6 is 0 Å². The van der Waals surface area contributed by atoms with Gasteiger partial charge in [0, 0.05) is 12.1 Å². The first-order valence-electron chi connectivity index (χ1n) is 8.15. The Kier molecular flexibility index (Phi) is 5.41. The molecule has 25 heavy (non-hydrogen) atoms. The van der Waals surface area contributed by atoms with Crippen molar-refractivity contribution in [3.05, 3.63) is 72.3 Å². The molecule has 2 aromatic carbocycles. The van der Waals surface area contributed by atoms with Crippen LogP contribution in [0.4, 0.5) is 0 Å². The molecule has 0 atom stereocenters. The van der Waals surface area contributed by atoms with Gasteiger partial charge in [-0.25, -0.2) is 9.67 Å². The molecule has 1 aromatic heterocycles. The number of rotatable bonds is 7. The number of aryl methyl sites for hydroxylation is 1. The van der Waals surface area contributed by atoms with Crippen molar-refractivity contribution in [3.8, 4) is 11.4 Å². The van der Waals surface area contributed by atoms with Crippen LogP contribution in [0.2, 0.25) is 0 Å². The molecule has 0 aliphatic heterocycles. The summed E-state index contributed by atoms with van der Waals surface area (Å²) in [4.78, 5) is 16.0. The lowest BCUT2D eigenvalue weighted by atomic mass is 10.2. The van der Waals surface area contributed by atoms with Gasteiger partial charge in [-0.1, -0.05) is 12.1 Å². The van der Waals surface area contributed by atoms with Crippen LogP contribution in [0.3, 0.4) is 0 Å². The maximum atomic E-state index is 12.1. The van der Waals surface area contributed by atoms with Crippen molar-refractivity contribution < 1.29 is 9.53 Å². The molecule has 0 aliphatic carbocycles. The normalized spacial score (nSPS) is 10.4. The second-order valence-electron chi connectivity index (χ2n) is 5.66. The fourth-order valence-corrected chi connectivity index (χ4v) is 2.38. The lowest BCUT2D eigenvalue weighted by Crippen LogP contribution is -2.25. The van der Waals surface area contributed by atoms with Crippen molar-refractivity contribution in [1.29, 1.82) is 0 Å². The lowest BCUT2D eigenvalue weighted by molar-refractivity contribution is 0.0951. The average Bonchev–Trinajstić information content (AvgIpc) is 3.16. The summed E-state index contributed by atoms with van der Waals surface area (Å²) in [5.41, 5.74) is 2.64. The lowest BCUT2D eigenvalue weighted by Gasteiger charge is -2.08. The number of benzene rings is 2. The van der Waals surface area contributed by atoms with Gasteiger partial charge in [0.05, 0.1) is 12.3 Å². The number of aromatic nitrogens is 3. The molecule has 128 valence electrons. The molecule has 0 spiro atoms. The van der Waals surface area contributed by atoms with Crippen molar-refractivity contribution >= 4 is 5.91 Å². The van der Waals surface area contributed by atoms with E-state index in [-0.39, 0.29) is 5.91 Å². The van der Waals surface area contributed by atoms with Crippen LogP contribution in [-0.4, -0.2) is 33.8 Å². The summed E-state index contributed by atoms with van der Waals surface area (Å²) in [5.74, 6) is 0.760. The van der Waals surface area contributed by atoms with Crippen LogP contribution in [0, 0.1) is 6.92 Å². The van der Waals surface area contributed by atoms with Crippen molar-refractivity contribution in [2.75, 3.05) is 13.2 Å². The highest BCUT2D eigenvalue weighted by atomic mass is 16.5. The van der Waals surface area contributed by atoms with Crippen molar-refractivity contribution in [3.63, 3.8) is 0 Å². The number of nitrogens with zero attached hydrogens (tertiary/aromatic N) is 3. The maximum absolute atomic E-state index is 12.1. The van der Waals surface area contributed by atoms with E-state index in [0.717, 1.165) is 17.9 Å². The van der Waals surface area contributed by atoms with Crippen LogP contribution in [0.25, 0.3) is 5.69 Å². The topological polar surface area (TPSA) is 69.0 Å². The summed E-state index contributed by atoms with van der Waals surface area (Å²) in [7, 11) is 0. The molecule has 3 aromatic rings. The SMILES string of the molecule is Cc1cccc(OCCCNC(=O)c2ccc(-n3cncn3)cc2)c1. The Labute approximate surface area is 146 Å². The first-order valence-corrected chi connectivity index (χ1v) is 8.15. The molecule has 0 fully saturated rings. The largest absolute Gasteiger partial charge is 0.494 e. The Morgan fingerprint density at radius 3 is 2.76 bits per heavy atom. The maximum Gasteiger partial charge on any atom is 0.251 e. The van der Waals surface area contributed by atoms with E-state index in [0.29, 0.717) is 18.7 Å². The monoisotopic (exact) mass is 336 g/mol. The standard InChI is InChI=1S/C19H20N4O2/c1-15-4-2-5-18(12-15)25-11-3-10-21-19(24)16-6-8-17(9-7-16)23-14-20-13-22-23/h2,4-9,12-14H,3,10-11H2,1H3,(H,21,24). The van der Waals surface area contributed by atoms with Gasteiger partial charge in [-0.2, -0.15) is 5.10 Å². The van der Waals surface area contributed by atoms with Gasteiger partial charge in [0.25, 0.3) is 5.91 Å². The third-order valence-corrected chi connectivity index (χ3v) is 3.68. The van der Waals surface area contributed by atoms with Gasteiger partial charge < -0.3 is 10.1 Å². The molecule has 6 nitrogen and oxygen atoms in total. The summed E-state index contributed by atoms with van der Waals surface area (Å²) in [6, 6.07) is 15.1. The summed E-state index contributed by atoms with van der Waals surface area (Å²) < 4.78 is 7.31. The van der Waals surface area contributed by atoms with E-state index >= 15 is 0 Å². The van der Waals surface area contributed by atoms with E-state index in [4.69, 9.17) is 4.74 Å². The zero-order valence-corrected chi connectivity index (χ0v) is 14.1. The first-order chi connectivity index (χ1) is 12.2. The Balaban J connectivity index is 1.42. The van der Waals surface area contributed by atoms with E-state index in [2.05, 4.69) is 15.4 Å². The van der Waals surface area contributed by atoms with Crippen molar-refractivity contribution in [2.24, 2.45) is 0 Å². The minimum Gasteiger partial charge on any atom is -0.494 e. The molecular weight excluding hydrogens is 316 g/mol. The molecule has 0 aliphatic rings. The summed E-state index contributed by atoms with van der Waals surface area (Å²) in [6.07, 6.45) is 3.83. The molecule has 0 radical (unpaired) electrons. The molecule has 1 heterocycles. The van der Waals surface area contributed by atoms with Crippen molar-refractivity contribution in [1.82, 2.24) is 20.1 Å². The number of ether oxygens (including phenoxy) is 1. The minimum atomic E-state index is -0.0966.